The monoisotopic (exact) mass is 374 g/mol. The molecule has 0 aliphatic rings. The lowest BCUT2D eigenvalue weighted by Gasteiger charge is -2.13. The number of aliphatic imine (C=N–C) groups is 1. The molecule has 6 heteroatoms. The number of fused-ring (bicyclic) bond motifs is 1. The highest BCUT2D eigenvalue weighted by Crippen LogP contribution is 2.31. The summed E-state index contributed by atoms with van der Waals surface area (Å²) in [5.41, 5.74) is 1.38. The molecule has 4 nitrogen and oxygen atoms in total. The summed E-state index contributed by atoms with van der Waals surface area (Å²) in [4.78, 5) is 17.3. The minimum Gasteiger partial charge on any atom is -0.506 e. The molecule has 1 N–H and O–H groups in total. The molecule has 2 aromatic carbocycles. The van der Waals surface area contributed by atoms with Crippen LogP contribution in [0.5, 0.6) is 5.75 Å². The zero-order valence-corrected chi connectivity index (χ0v) is 15.3. The summed E-state index contributed by atoms with van der Waals surface area (Å²) in [6, 6.07) is 12.2. The summed E-state index contributed by atoms with van der Waals surface area (Å²) >= 11 is 12.1. The first-order chi connectivity index (χ1) is 11.9. The standard InChI is InChI=1S/C19H16Cl2N2O2/c1-3-23-16-7-5-4-6-13(16)18(24)17(19(23)25)11(2)22-15-10-12(20)8-9-14(15)21/h4-10,24H,3H2,1-2H3. The number of aromatic hydroxyl groups is 1. The first-order valence-electron chi connectivity index (χ1n) is 7.79. The third kappa shape index (κ3) is 3.15. The number of hydrogen-bond acceptors (Lipinski definition) is 3. The lowest BCUT2D eigenvalue weighted by atomic mass is 10.1. The van der Waals surface area contributed by atoms with Gasteiger partial charge in [0, 0.05) is 17.0 Å². The van der Waals surface area contributed by atoms with Crippen molar-refractivity contribution in [2.24, 2.45) is 4.99 Å². The number of nitrogens with zero attached hydrogens (tertiary/aromatic N) is 2. The normalized spacial score (nSPS) is 11.9. The van der Waals surface area contributed by atoms with Gasteiger partial charge in [-0.2, -0.15) is 0 Å². The van der Waals surface area contributed by atoms with E-state index in [2.05, 4.69) is 4.99 Å². The predicted octanol–water partition coefficient (Wildman–Crippen LogP) is 5.17. The smallest absolute Gasteiger partial charge is 0.263 e. The van der Waals surface area contributed by atoms with Crippen LogP contribution in [0.3, 0.4) is 0 Å². The van der Waals surface area contributed by atoms with Crippen LogP contribution < -0.4 is 5.56 Å². The minimum absolute atomic E-state index is 0.0790. The molecule has 1 heterocycles. The van der Waals surface area contributed by atoms with Crippen molar-refractivity contribution >= 4 is 45.5 Å². The fourth-order valence-corrected chi connectivity index (χ4v) is 3.16. The van der Waals surface area contributed by atoms with Gasteiger partial charge in [-0.1, -0.05) is 35.3 Å². The molecule has 0 radical (unpaired) electrons. The number of para-hydroxylation sites is 1. The van der Waals surface area contributed by atoms with E-state index < -0.39 is 0 Å². The molecule has 3 rings (SSSR count). The number of aromatic nitrogens is 1. The van der Waals surface area contributed by atoms with Gasteiger partial charge >= 0.3 is 0 Å². The van der Waals surface area contributed by atoms with Gasteiger partial charge in [0.1, 0.15) is 11.3 Å². The average molecular weight is 375 g/mol. The number of halogens is 2. The van der Waals surface area contributed by atoms with Crippen LogP contribution in [0, 0.1) is 0 Å². The quantitative estimate of drug-likeness (QED) is 0.642. The van der Waals surface area contributed by atoms with Crippen molar-refractivity contribution < 1.29 is 5.11 Å². The van der Waals surface area contributed by atoms with Crippen molar-refractivity contribution in [2.75, 3.05) is 0 Å². The second kappa shape index (κ2) is 6.90. The second-order valence-electron chi connectivity index (χ2n) is 5.58. The minimum atomic E-state index is -0.293. The van der Waals surface area contributed by atoms with Gasteiger partial charge in [0.15, 0.2) is 0 Å². The zero-order valence-electron chi connectivity index (χ0n) is 13.8. The molecule has 0 bridgehead atoms. The summed E-state index contributed by atoms with van der Waals surface area (Å²) in [5.74, 6) is -0.0790. The van der Waals surface area contributed by atoms with Gasteiger partial charge in [-0.05, 0) is 44.2 Å². The van der Waals surface area contributed by atoms with Crippen molar-refractivity contribution in [2.45, 2.75) is 20.4 Å². The summed E-state index contributed by atoms with van der Waals surface area (Å²) in [6.07, 6.45) is 0. The molecule has 0 atom stereocenters. The fraction of sp³-hybridized carbons (Fsp3) is 0.158. The van der Waals surface area contributed by atoms with E-state index in [0.29, 0.717) is 38.9 Å². The van der Waals surface area contributed by atoms with Gasteiger partial charge in [-0.3, -0.25) is 9.79 Å². The molecule has 1 aromatic heterocycles. The maximum atomic E-state index is 12.9. The highest BCUT2D eigenvalue weighted by atomic mass is 35.5. The summed E-state index contributed by atoms with van der Waals surface area (Å²) < 4.78 is 1.61. The molecular formula is C19H16Cl2N2O2. The molecule has 0 spiro atoms. The van der Waals surface area contributed by atoms with Crippen LogP contribution in [0.2, 0.25) is 10.0 Å². The van der Waals surface area contributed by atoms with E-state index >= 15 is 0 Å². The Hall–Kier alpha value is -2.30. The van der Waals surface area contributed by atoms with Crippen LogP contribution in [0.4, 0.5) is 5.69 Å². The molecule has 0 saturated carbocycles. The van der Waals surface area contributed by atoms with Crippen LogP contribution >= 0.6 is 23.2 Å². The first-order valence-corrected chi connectivity index (χ1v) is 8.54. The van der Waals surface area contributed by atoms with E-state index in [0.717, 1.165) is 0 Å². The van der Waals surface area contributed by atoms with E-state index in [1.165, 1.54) is 0 Å². The number of aryl methyl sites for hydroxylation is 1. The third-order valence-corrected chi connectivity index (χ3v) is 4.57. The van der Waals surface area contributed by atoms with E-state index in [-0.39, 0.29) is 16.9 Å². The van der Waals surface area contributed by atoms with Gasteiger partial charge < -0.3 is 9.67 Å². The molecule has 0 amide bonds. The Bertz CT molecular complexity index is 1060. The Morgan fingerprint density at radius 1 is 1.20 bits per heavy atom. The van der Waals surface area contributed by atoms with Crippen LogP contribution in [0.1, 0.15) is 19.4 Å². The lowest BCUT2D eigenvalue weighted by molar-refractivity contribution is 0.477. The first kappa shape index (κ1) is 17.5. The fourth-order valence-electron chi connectivity index (χ4n) is 2.84. The van der Waals surface area contributed by atoms with Crippen molar-refractivity contribution in [1.29, 1.82) is 0 Å². The lowest BCUT2D eigenvalue weighted by Crippen LogP contribution is -2.26. The van der Waals surface area contributed by atoms with Gasteiger partial charge in [0.05, 0.1) is 21.9 Å². The Balaban J connectivity index is 2.30. The number of hydrogen-bond donors (Lipinski definition) is 1. The van der Waals surface area contributed by atoms with Crippen LogP contribution in [-0.4, -0.2) is 15.4 Å². The molecule has 128 valence electrons. The predicted molar refractivity (Wildman–Crippen MR) is 104 cm³/mol. The molecular weight excluding hydrogens is 359 g/mol. The van der Waals surface area contributed by atoms with Crippen LogP contribution in [0.15, 0.2) is 52.3 Å². The van der Waals surface area contributed by atoms with Gasteiger partial charge in [0.25, 0.3) is 5.56 Å². The third-order valence-electron chi connectivity index (χ3n) is 4.02. The van der Waals surface area contributed by atoms with Gasteiger partial charge in [-0.15, -0.1) is 0 Å². The Labute approximate surface area is 155 Å². The molecule has 0 aliphatic carbocycles. The highest BCUT2D eigenvalue weighted by Gasteiger charge is 2.18. The second-order valence-corrected chi connectivity index (χ2v) is 6.43. The molecule has 0 saturated heterocycles. The number of pyridine rings is 1. The zero-order chi connectivity index (χ0) is 18.1. The topological polar surface area (TPSA) is 54.6 Å². The highest BCUT2D eigenvalue weighted by molar-refractivity contribution is 6.35. The van der Waals surface area contributed by atoms with E-state index in [1.54, 1.807) is 35.8 Å². The summed E-state index contributed by atoms with van der Waals surface area (Å²) in [5, 5.41) is 12.2. The van der Waals surface area contributed by atoms with E-state index in [9.17, 15) is 9.90 Å². The SMILES string of the molecule is CCn1c(=O)c(C(C)=Nc2cc(Cl)ccc2Cl)c(O)c2ccccc21. The average Bonchev–Trinajstić information content (AvgIpc) is 2.59. The van der Waals surface area contributed by atoms with Gasteiger partial charge in [-0.25, -0.2) is 0 Å². The summed E-state index contributed by atoms with van der Waals surface area (Å²) in [6.45, 7) is 4.04. The Morgan fingerprint density at radius 3 is 2.64 bits per heavy atom. The Morgan fingerprint density at radius 2 is 1.92 bits per heavy atom. The van der Waals surface area contributed by atoms with Crippen molar-refractivity contribution in [3.8, 4) is 5.75 Å². The maximum absolute atomic E-state index is 12.9. The number of benzene rings is 2. The van der Waals surface area contributed by atoms with E-state index in [1.807, 2.05) is 25.1 Å². The maximum Gasteiger partial charge on any atom is 0.263 e. The molecule has 0 fully saturated rings. The van der Waals surface area contributed by atoms with Crippen molar-refractivity contribution in [3.05, 3.63) is 68.4 Å². The molecule has 3 aromatic rings. The molecule has 0 unspecified atom stereocenters. The number of rotatable bonds is 3. The Kier molecular flexibility index (Phi) is 4.84. The van der Waals surface area contributed by atoms with Crippen LogP contribution in [0.25, 0.3) is 10.9 Å². The largest absolute Gasteiger partial charge is 0.506 e. The van der Waals surface area contributed by atoms with Gasteiger partial charge in [0.2, 0.25) is 0 Å². The van der Waals surface area contributed by atoms with Crippen molar-refractivity contribution in [3.63, 3.8) is 0 Å². The van der Waals surface area contributed by atoms with Crippen LogP contribution in [-0.2, 0) is 6.54 Å². The molecule has 0 aliphatic heterocycles. The van der Waals surface area contributed by atoms with Crippen molar-refractivity contribution in [1.82, 2.24) is 4.57 Å². The van der Waals surface area contributed by atoms with E-state index in [4.69, 9.17) is 23.2 Å². The molecule has 25 heavy (non-hydrogen) atoms. The summed E-state index contributed by atoms with van der Waals surface area (Å²) in [7, 11) is 0.